The van der Waals surface area contributed by atoms with Gasteiger partial charge < -0.3 is 10.6 Å². The highest BCUT2D eigenvalue weighted by atomic mass is 32.2. The van der Waals surface area contributed by atoms with E-state index in [-0.39, 0.29) is 5.91 Å². The van der Waals surface area contributed by atoms with Gasteiger partial charge in [-0.25, -0.2) is 0 Å². The lowest BCUT2D eigenvalue weighted by molar-refractivity contribution is -0.121. The molecule has 2 rings (SSSR count). The number of nitrogens with one attached hydrogen (secondary N) is 2. The number of unbranched alkanes of at least 4 members (excludes halogenated alkanes) is 2. The lowest BCUT2D eigenvalue weighted by atomic mass is 10.1. The molecule has 3 nitrogen and oxygen atoms in total. The molecule has 0 radical (unpaired) electrons. The van der Waals surface area contributed by atoms with E-state index >= 15 is 0 Å². The average molecular weight is 349 g/mol. The van der Waals surface area contributed by atoms with Crippen molar-refractivity contribution in [1.29, 1.82) is 0 Å². The molecule has 0 aliphatic carbocycles. The summed E-state index contributed by atoms with van der Waals surface area (Å²) >= 11 is 1.99. The zero-order valence-electron chi connectivity index (χ0n) is 14.9. The van der Waals surface area contributed by atoms with Gasteiger partial charge in [-0.15, -0.1) is 0 Å². The first-order valence-electron chi connectivity index (χ1n) is 9.45. The van der Waals surface area contributed by atoms with Crippen LogP contribution in [0.25, 0.3) is 0 Å². The molecular formula is C20H32N2OS. The van der Waals surface area contributed by atoms with Gasteiger partial charge in [-0.3, -0.25) is 4.79 Å². The minimum absolute atomic E-state index is 0.202. The molecule has 0 bridgehead atoms. The fraction of sp³-hybridized carbons (Fsp3) is 0.650. The number of carbonyl (C=O) groups is 1. The normalized spacial score (nSPS) is 18.5. The Labute approximate surface area is 151 Å². The summed E-state index contributed by atoms with van der Waals surface area (Å²) in [6.07, 6.45) is 7.81. The molecule has 1 heterocycles. The number of hydrogen-bond donors (Lipinski definition) is 2. The summed E-state index contributed by atoms with van der Waals surface area (Å²) < 4.78 is 0. The standard InChI is InChI=1S/C20H32N2OS/c1-2-3-7-15-24-19(18-11-8-13-21-18)16-20(23)22-14-12-17-9-5-4-6-10-17/h4-6,9-10,18-19,21H,2-3,7-8,11-16H2,1H3,(H,22,23). The topological polar surface area (TPSA) is 41.1 Å². The first-order valence-corrected chi connectivity index (χ1v) is 10.5. The molecule has 1 saturated heterocycles. The highest BCUT2D eigenvalue weighted by molar-refractivity contribution is 7.99. The number of thioether (sulfide) groups is 1. The second-order valence-corrected chi connectivity index (χ2v) is 7.96. The quantitative estimate of drug-likeness (QED) is 0.598. The van der Waals surface area contributed by atoms with Gasteiger partial charge in [0.05, 0.1) is 0 Å². The summed E-state index contributed by atoms with van der Waals surface area (Å²) in [7, 11) is 0. The van der Waals surface area contributed by atoms with Crippen LogP contribution in [0.5, 0.6) is 0 Å². The first-order chi connectivity index (χ1) is 11.8. The Balaban J connectivity index is 1.71. The van der Waals surface area contributed by atoms with Crippen LogP contribution in [0.3, 0.4) is 0 Å². The lowest BCUT2D eigenvalue weighted by Gasteiger charge is -2.23. The van der Waals surface area contributed by atoms with Gasteiger partial charge >= 0.3 is 0 Å². The second kappa shape index (κ2) is 11.5. The maximum atomic E-state index is 12.3. The van der Waals surface area contributed by atoms with Crippen molar-refractivity contribution in [3.8, 4) is 0 Å². The van der Waals surface area contributed by atoms with Crippen LogP contribution in [0.2, 0.25) is 0 Å². The minimum Gasteiger partial charge on any atom is -0.356 e. The van der Waals surface area contributed by atoms with Crippen molar-refractivity contribution in [3.63, 3.8) is 0 Å². The fourth-order valence-corrected chi connectivity index (χ4v) is 4.59. The molecule has 2 N–H and O–H groups in total. The van der Waals surface area contributed by atoms with E-state index in [0.717, 1.165) is 19.5 Å². The van der Waals surface area contributed by atoms with E-state index in [0.29, 0.717) is 17.7 Å². The Morgan fingerprint density at radius 2 is 2.17 bits per heavy atom. The van der Waals surface area contributed by atoms with Crippen LogP contribution >= 0.6 is 11.8 Å². The number of benzene rings is 1. The molecule has 1 fully saturated rings. The van der Waals surface area contributed by atoms with E-state index < -0.39 is 0 Å². The van der Waals surface area contributed by atoms with Crippen molar-refractivity contribution in [1.82, 2.24) is 10.6 Å². The van der Waals surface area contributed by atoms with Crippen LogP contribution in [-0.2, 0) is 11.2 Å². The minimum atomic E-state index is 0.202. The summed E-state index contributed by atoms with van der Waals surface area (Å²) in [5.74, 6) is 1.38. The molecule has 2 atom stereocenters. The molecule has 1 amide bonds. The zero-order chi connectivity index (χ0) is 17.0. The predicted octanol–water partition coefficient (Wildman–Crippen LogP) is 3.78. The largest absolute Gasteiger partial charge is 0.356 e. The molecule has 2 unspecified atom stereocenters. The molecule has 1 aliphatic heterocycles. The van der Waals surface area contributed by atoms with Gasteiger partial charge in [-0.1, -0.05) is 50.1 Å². The third-order valence-electron chi connectivity index (χ3n) is 4.59. The smallest absolute Gasteiger partial charge is 0.221 e. The van der Waals surface area contributed by atoms with E-state index in [1.54, 1.807) is 0 Å². The van der Waals surface area contributed by atoms with Crippen LogP contribution in [0.1, 0.15) is 51.0 Å². The maximum absolute atomic E-state index is 12.3. The van der Waals surface area contributed by atoms with Crippen molar-refractivity contribution >= 4 is 17.7 Å². The zero-order valence-corrected chi connectivity index (χ0v) is 15.7. The molecule has 4 heteroatoms. The van der Waals surface area contributed by atoms with Crippen molar-refractivity contribution in [2.45, 2.75) is 63.2 Å². The SMILES string of the molecule is CCCCCSC(CC(=O)NCCc1ccccc1)C1CCCN1. The number of carbonyl (C=O) groups excluding carboxylic acids is 1. The number of hydrogen-bond acceptors (Lipinski definition) is 3. The van der Waals surface area contributed by atoms with E-state index in [4.69, 9.17) is 0 Å². The van der Waals surface area contributed by atoms with Crippen molar-refractivity contribution in [2.24, 2.45) is 0 Å². The summed E-state index contributed by atoms with van der Waals surface area (Å²) in [6, 6.07) is 10.9. The Morgan fingerprint density at radius 3 is 2.88 bits per heavy atom. The molecule has 0 spiro atoms. The maximum Gasteiger partial charge on any atom is 0.221 e. The summed E-state index contributed by atoms with van der Waals surface area (Å²) in [5, 5.41) is 7.11. The van der Waals surface area contributed by atoms with Gasteiger partial charge in [0, 0.05) is 24.3 Å². The third kappa shape index (κ3) is 7.27. The Hall–Kier alpha value is -1.00. The molecule has 1 aromatic rings. The third-order valence-corrected chi connectivity index (χ3v) is 6.04. The number of amides is 1. The van der Waals surface area contributed by atoms with Gasteiger partial charge in [0.25, 0.3) is 0 Å². The fourth-order valence-electron chi connectivity index (χ4n) is 3.18. The Morgan fingerprint density at radius 1 is 1.33 bits per heavy atom. The van der Waals surface area contributed by atoms with Crippen LogP contribution in [0.4, 0.5) is 0 Å². The van der Waals surface area contributed by atoms with Gasteiger partial charge in [0.15, 0.2) is 0 Å². The monoisotopic (exact) mass is 348 g/mol. The molecule has 24 heavy (non-hydrogen) atoms. The Bertz CT molecular complexity index is 460. The second-order valence-electron chi connectivity index (χ2n) is 6.61. The van der Waals surface area contributed by atoms with Crippen molar-refractivity contribution in [2.75, 3.05) is 18.8 Å². The van der Waals surface area contributed by atoms with E-state index in [9.17, 15) is 4.79 Å². The van der Waals surface area contributed by atoms with E-state index in [1.807, 2.05) is 30.0 Å². The first kappa shape index (κ1) is 19.3. The highest BCUT2D eigenvalue weighted by Crippen LogP contribution is 2.25. The van der Waals surface area contributed by atoms with Crippen LogP contribution in [-0.4, -0.2) is 36.0 Å². The molecule has 1 aliphatic rings. The van der Waals surface area contributed by atoms with Crippen molar-refractivity contribution in [3.05, 3.63) is 35.9 Å². The van der Waals surface area contributed by atoms with Gasteiger partial charge in [0.1, 0.15) is 0 Å². The van der Waals surface area contributed by atoms with Crippen molar-refractivity contribution < 1.29 is 4.79 Å². The van der Waals surface area contributed by atoms with Gasteiger partial charge in [0.2, 0.25) is 5.91 Å². The van der Waals surface area contributed by atoms with Crippen LogP contribution < -0.4 is 10.6 Å². The summed E-state index contributed by atoms with van der Waals surface area (Å²) in [4.78, 5) is 12.3. The highest BCUT2D eigenvalue weighted by Gasteiger charge is 2.26. The average Bonchev–Trinajstić information content (AvgIpc) is 3.13. The molecule has 0 saturated carbocycles. The molecule has 134 valence electrons. The molecule has 0 aromatic heterocycles. The number of rotatable bonds is 11. The predicted molar refractivity (Wildman–Crippen MR) is 105 cm³/mol. The van der Waals surface area contributed by atoms with Gasteiger partial charge in [-0.05, 0) is 43.5 Å². The lowest BCUT2D eigenvalue weighted by Crippen LogP contribution is -2.37. The summed E-state index contributed by atoms with van der Waals surface area (Å²) in [5.41, 5.74) is 1.28. The van der Waals surface area contributed by atoms with Gasteiger partial charge in [-0.2, -0.15) is 11.8 Å². The van der Waals surface area contributed by atoms with E-state index in [2.05, 4.69) is 29.7 Å². The summed E-state index contributed by atoms with van der Waals surface area (Å²) in [6.45, 7) is 4.07. The molecule has 1 aromatic carbocycles. The van der Waals surface area contributed by atoms with Crippen LogP contribution in [0, 0.1) is 0 Å². The molecular weight excluding hydrogens is 316 g/mol. The van der Waals surface area contributed by atoms with Crippen LogP contribution in [0.15, 0.2) is 30.3 Å². The van der Waals surface area contributed by atoms with E-state index in [1.165, 1.54) is 43.4 Å². The Kier molecular flexibility index (Phi) is 9.29.